The number of benzene rings is 2. The van der Waals surface area contributed by atoms with E-state index in [1.54, 1.807) is 6.07 Å². The Hall–Kier alpha value is -1.85. The second-order valence-electron chi connectivity index (χ2n) is 5.86. The van der Waals surface area contributed by atoms with Crippen molar-refractivity contribution in [3.8, 4) is 5.75 Å². The number of nitrogens with one attached hydrogen (secondary N) is 1. The largest absolute Gasteiger partial charge is 0.492 e. The minimum Gasteiger partial charge on any atom is -0.492 e. The van der Waals surface area contributed by atoms with Gasteiger partial charge < -0.3 is 9.47 Å². The Morgan fingerprint density at radius 3 is 2.84 bits per heavy atom. The van der Waals surface area contributed by atoms with Gasteiger partial charge in [-0.1, -0.05) is 29.3 Å². The third-order valence-corrected chi connectivity index (χ3v) is 5.23. The fraction of sp³-hybridized carbons (Fsp3) is 0.316. The maximum atomic E-state index is 11.2. The number of halogens is 1. The Morgan fingerprint density at radius 2 is 2.04 bits per heavy atom. The standard InChI is InChI=1S/C19H20ClNO3S/c1-13-4-6-15(7-5-13)25-9-3-2-8-23-18-10-14-12-24-19(22)21-17(14)11-16(18)20/h4-7,10-11H,2-3,8-9,12H2,1H3,(H,21,22). The number of cyclic esters (lactones) is 1. The molecular formula is C19H20ClNO3S. The van der Waals surface area contributed by atoms with Crippen LogP contribution in [0.15, 0.2) is 41.3 Å². The highest BCUT2D eigenvalue weighted by molar-refractivity contribution is 7.99. The molecule has 1 aliphatic rings. The Labute approximate surface area is 156 Å². The van der Waals surface area contributed by atoms with Crippen molar-refractivity contribution in [2.75, 3.05) is 17.7 Å². The molecule has 3 rings (SSSR count). The molecule has 0 aliphatic carbocycles. The summed E-state index contributed by atoms with van der Waals surface area (Å²) in [6.07, 6.45) is 1.57. The van der Waals surface area contributed by atoms with E-state index in [1.165, 1.54) is 10.5 Å². The van der Waals surface area contributed by atoms with E-state index in [0.717, 1.165) is 24.2 Å². The summed E-state index contributed by atoms with van der Waals surface area (Å²) >= 11 is 8.08. The summed E-state index contributed by atoms with van der Waals surface area (Å²) < 4.78 is 10.7. The average molecular weight is 378 g/mol. The van der Waals surface area contributed by atoms with Crippen molar-refractivity contribution < 1.29 is 14.3 Å². The summed E-state index contributed by atoms with van der Waals surface area (Å²) in [5.41, 5.74) is 2.83. The van der Waals surface area contributed by atoms with Crippen LogP contribution in [0, 0.1) is 6.92 Å². The van der Waals surface area contributed by atoms with Crippen molar-refractivity contribution >= 4 is 35.1 Å². The van der Waals surface area contributed by atoms with Crippen molar-refractivity contribution in [2.45, 2.75) is 31.3 Å². The van der Waals surface area contributed by atoms with Crippen LogP contribution in [0.1, 0.15) is 24.0 Å². The Kier molecular flexibility index (Phi) is 6.10. The van der Waals surface area contributed by atoms with E-state index in [-0.39, 0.29) is 6.61 Å². The van der Waals surface area contributed by atoms with Crippen LogP contribution in [0.5, 0.6) is 5.75 Å². The average Bonchev–Trinajstić information content (AvgIpc) is 2.60. The van der Waals surface area contributed by atoms with Crippen LogP contribution in [0.2, 0.25) is 5.02 Å². The molecule has 1 amide bonds. The third kappa shape index (κ3) is 5.06. The first-order chi connectivity index (χ1) is 12.1. The summed E-state index contributed by atoms with van der Waals surface area (Å²) in [7, 11) is 0. The van der Waals surface area contributed by atoms with Crippen molar-refractivity contribution in [3.63, 3.8) is 0 Å². The van der Waals surface area contributed by atoms with Gasteiger partial charge in [-0.05, 0) is 49.8 Å². The third-order valence-electron chi connectivity index (χ3n) is 3.84. The van der Waals surface area contributed by atoms with Gasteiger partial charge in [0.25, 0.3) is 0 Å². The summed E-state index contributed by atoms with van der Waals surface area (Å²) in [6, 6.07) is 12.1. The number of aryl methyl sites for hydroxylation is 1. The van der Waals surface area contributed by atoms with E-state index in [0.29, 0.717) is 23.1 Å². The fourth-order valence-corrected chi connectivity index (χ4v) is 3.57. The zero-order chi connectivity index (χ0) is 17.6. The molecule has 0 saturated heterocycles. The second kappa shape index (κ2) is 8.50. The molecule has 0 bridgehead atoms. The summed E-state index contributed by atoms with van der Waals surface area (Å²) in [5.74, 6) is 1.69. The van der Waals surface area contributed by atoms with Crippen LogP contribution in [-0.2, 0) is 11.3 Å². The molecule has 0 spiro atoms. The second-order valence-corrected chi connectivity index (χ2v) is 7.43. The lowest BCUT2D eigenvalue weighted by atomic mass is 10.1. The van der Waals surface area contributed by atoms with Crippen LogP contribution in [0.25, 0.3) is 0 Å². The number of carbonyl (C=O) groups excluding carboxylic acids is 1. The maximum Gasteiger partial charge on any atom is 0.411 e. The molecule has 0 fully saturated rings. The van der Waals surface area contributed by atoms with E-state index in [9.17, 15) is 4.79 Å². The summed E-state index contributed by atoms with van der Waals surface area (Å²) in [6.45, 7) is 2.94. The highest BCUT2D eigenvalue weighted by Gasteiger charge is 2.18. The number of amides is 1. The van der Waals surface area contributed by atoms with Crippen LogP contribution in [0.4, 0.5) is 10.5 Å². The van der Waals surface area contributed by atoms with E-state index < -0.39 is 6.09 Å². The van der Waals surface area contributed by atoms with Crippen LogP contribution >= 0.6 is 23.4 Å². The lowest BCUT2D eigenvalue weighted by Crippen LogP contribution is -2.20. The molecule has 1 aliphatic heterocycles. The zero-order valence-corrected chi connectivity index (χ0v) is 15.6. The molecule has 6 heteroatoms. The number of hydrogen-bond acceptors (Lipinski definition) is 4. The Morgan fingerprint density at radius 1 is 1.24 bits per heavy atom. The lowest BCUT2D eigenvalue weighted by Gasteiger charge is -2.19. The van der Waals surface area contributed by atoms with Gasteiger partial charge in [0, 0.05) is 10.5 Å². The van der Waals surface area contributed by atoms with Crippen molar-refractivity contribution in [2.24, 2.45) is 0 Å². The first kappa shape index (κ1) is 18.0. The predicted octanol–water partition coefficient (Wildman–Crippen LogP) is 5.66. The summed E-state index contributed by atoms with van der Waals surface area (Å²) in [5, 5.41) is 3.12. The molecule has 1 heterocycles. The van der Waals surface area contributed by atoms with Gasteiger partial charge in [-0.15, -0.1) is 11.8 Å². The Balaban J connectivity index is 1.41. The minimum absolute atomic E-state index is 0.238. The summed E-state index contributed by atoms with van der Waals surface area (Å²) in [4.78, 5) is 12.5. The molecule has 25 heavy (non-hydrogen) atoms. The quantitative estimate of drug-likeness (QED) is 0.499. The zero-order valence-electron chi connectivity index (χ0n) is 14.0. The van der Waals surface area contributed by atoms with Gasteiger partial charge in [-0.2, -0.15) is 0 Å². The molecular weight excluding hydrogens is 358 g/mol. The molecule has 0 aromatic heterocycles. The molecule has 0 atom stereocenters. The molecule has 2 aromatic rings. The highest BCUT2D eigenvalue weighted by atomic mass is 35.5. The Bertz CT molecular complexity index is 749. The van der Waals surface area contributed by atoms with Crippen molar-refractivity contribution in [3.05, 3.63) is 52.5 Å². The van der Waals surface area contributed by atoms with Crippen LogP contribution in [-0.4, -0.2) is 18.5 Å². The van der Waals surface area contributed by atoms with Crippen molar-refractivity contribution in [1.29, 1.82) is 0 Å². The van der Waals surface area contributed by atoms with Gasteiger partial charge in [-0.3, -0.25) is 5.32 Å². The van der Waals surface area contributed by atoms with Gasteiger partial charge in [0.15, 0.2) is 0 Å². The normalized spacial score (nSPS) is 13.0. The molecule has 0 saturated carbocycles. The first-order valence-electron chi connectivity index (χ1n) is 8.20. The molecule has 0 radical (unpaired) electrons. The van der Waals surface area contributed by atoms with E-state index >= 15 is 0 Å². The van der Waals surface area contributed by atoms with E-state index in [1.807, 2.05) is 17.8 Å². The molecule has 2 aromatic carbocycles. The monoisotopic (exact) mass is 377 g/mol. The highest BCUT2D eigenvalue weighted by Crippen LogP contribution is 2.33. The number of thioether (sulfide) groups is 1. The van der Waals surface area contributed by atoms with Gasteiger partial charge in [0.2, 0.25) is 0 Å². The smallest absolute Gasteiger partial charge is 0.411 e. The van der Waals surface area contributed by atoms with Crippen LogP contribution < -0.4 is 10.1 Å². The predicted molar refractivity (Wildman–Crippen MR) is 102 cm³/mol. The molecule has 1 N–H and O–H groups in total. The first-order valence-corrected chi connectivity index (χ1v) is 9.56. The number of hydrogen-bond donors (Lipinski definition) is 1. The SMILES string of the molecule is Cc1ccc(SCCCCOc2cc3c(cc2Cl)NC(=O)OC3)cc1. The van der Waals surface area contributed by atoms with E-state index in [4.69, 9.17) is 21.1 Å². The molecule has 0 unspecified atom stereocenters. The van der Waals surface area contributed by atoms with Crippen molar-refractivity contribution in [1.82, 2.24) is 0 Å². The maximum absolute atomic E-state index is 11.2. The number of carbonyl (C=O) groups is 1. The van der Waals surface area contributed by atoms with Gasteiger partial charge >= 0.3 is 6.09 Å². The number of ether oxygens (including phenoxy) is 2. The van der Waals surface area contributed by atoms with Gasteiger partial charge in [0.05, 0.1) is 17.3 Å². The van der Waals surface area contributed by atoms with Gasteiger partial charge in [-0.25, -0.2) is 4.79 Å². The molecule has 132 valence electrons. The number of unbranched alkanes of at least 4 members (excludes halogenated alkanes) is 1. The van der Waals surface area contributed by atoms with E-state index in [2.05, 4.69) is 36.5 Å². The molecule has 4 nitrogen and oxygen atoms in total. The number of anilines is 1. The number of fused-ring (bicyclic) bond motifs is 1. The number of rotatable bonds is 7. The lowest BCUT2D eigenvalue weighted by molar-refractivity contribution is 0.151. The topological polar surface area (TPSA) is 47.6 Å². The van der Waals surface area contributed by atoms with Crippen LogP contribution in [0.3, 0.4) is 0 Å². The fourth-order valence-electron chi connectivity index (χ4n) is 2.44. The van der Waals surface area contributed by atoms with Gasteiger partial charge in [0.1, 0.15) is 12.4 Å². The minimum atomic E-state index is -0.455.